The first kappa shape index (κ1) is 13.1. The van der Waals surface area contributed by atoms with E-state index < -0.39 is 0 Å². The molecule has 0 aliphatic carbocycles. The topological polar surface area (TPSA) is 89.0 Å². The van der Waals surface area contributed by atoms with E-state index in [-0.39, 0.29) is 23.4 Å². The zero-order valence-corrected chi connectivity index (χ0v) is 10.7. The Morgan fingerprint density at radius 1 is 1.18 bits per heavy atom. The minimum absolute atomic E-state index is 0.149. The highest BCUT2D eigenvalue weighted by Gasteiger charge is 2.14. The number of aromatic nitrogens is 3. The third-order valence-electron chi connectivity index (χ3n) is 1.57. The Morgan fingerprint density at radius 3 is 2.24 bits per heavy atom. The summed E-state index contributed by atoms with van der Waals surface area (Å²) in [6.45, 7) is 7.30. The van der Waals surface area contributed by atoms with Crippen LogP contribution in [0.5, 0.6) is 6.01 Å². The van der Waals surface area contributed by atoms with Gasteiger partial charge in [-0.15, -0.1) is 0 Å². The van der Waals surface area contributed by atoms with Crippen LogP contribution in [0, 0.1) is 0 Å². The van der Waals surface area contributed by atoms with E-state index in [1.54, 1.807) is 0 Å². The normalized spacial score (nSPS) is 10.9. The Balaban J connectivity index is 3.00. The molecule has 0 saturated heterocycles. The second kappa shape index (κ2) is 4.94. The lowest BCUT2D eigenvalue weighted by Gasteiger charge is -2.20. The molecule has 0 aliphatic heterocycles. The van der Waals surface area contributed by atoms with Crippen molar-refractivity contribution in [3.8, 4) is 6.01 Å². The molecule has 1 rings (SSSR count). The van der Waals surface area contributed by atoms with Crippen molar-refractivity contribution in [2.24, 2.45) is 0 Å². The Kier molecular flexibility index (Phi) is 3.82. The second-order valence-corrected chi connectivity index (χ2v) is 4.53. The van der Waals surface area contributed by atoms with Crippen LogP contribution in [0.1, 0.15) is 27.7 Å². The summed E-state index contributed by atoms with van der Waals surface area (Å²) < 4.78 is 4.94. The van der Waals surface area contributed by atoms with Crippen LogP contribution in [-0.2, 0) is 4.79 Å². The zero-order chi connectivity index (χ0) is 13.1. The number of rotatable bonds is 3. The average Bonchev–Trinajstić information content (AvgIpc) is 2.13. The number of amides is 1. The molecular formula is C10H17N5O2. The van der Waals surface area contributed by atoms with Crippen LogP contribution in [0.15, 0.2) is 0 Å². The van der Waals surface area contributed by atoms with Crippen molar-refractivity contribution in [3.63, 3.8) is 0 Å². The number of hydrogen-bond acceptors (Lipinski definition) is 6. The fraction of sp³-hybridized carbons (Fsp3) is 0.600. The Hall–Kier alpha value is -1.92. The smallest absolute Gasteiger partial charge is 0.322 e. The number of ether oxygens (including phenoxy) is 1. The van der Waals surface area contributed by atoms with Gasteiger partial charge in [0.05, 0.1) is 7.11 Å². The van der Waals surface area contributed by atoms with Gasteiger partial charge in [0.2, 0.25) is 17.8 Å². The molecule has 0 aliphatic rings. The van der Waals surface area contributed by atoms with Gasteiger partial charge in [0.25, 0.3) is 0 Å². The molecule has 0 bridgehead atoms. The van der Waals surface area contributed by atoms with Crippen molar-refractivity contribution in [1.29, 1.82) is 0 Å². The van der Waals surface area contributed by atoms with Crippen LogP contribution in [0.2, 0.25) is 0 Å². The fourth-order valence-electron chi connectivity index (χ4n) is 1.05. The van der Waals surface area contributed by atoms with E-state index in [2.05, 4.69) is 25.6 Å². The molecule has 7 heteroatoms. The number of carbonyl (C=O) groups is 1. The summed E-state index contributed by atoms with van der Waals surface area (Å²) >= 11 is 0. The monoisotopic (exact) mass is 239 g/mol. The second-order valence-electron chi connectivity index (χ2n) is 4.53. The minimum atomic E-state index is -0.250. The molecule has 7 nitrogen and oxygen atoms in total. The van der Waals surface area contributed by atoms with Gasteiger partial charge in [-0.25, -0.2) is 0 Å². The van der Waals surface area contributed by atoms with Gasteiger partial charge in [0, 0.05) is 12.5 Å². The van der Waals surface area contributed by atoms with Crippen LogP contribution in [0.3, 0.4) is 0 Å². The van der Waals surface area contributed by atoms with Gasteiger partial charge in [-0.1, -0.05) is 0 Å². The minimum Gasteiger partial charge on any atom is -0.467 e. The van der Waals surface area contributed by atoms with Gasteiger partial charge < -0.3 is 10.1 Å². The lowest BCUT2D eigenvalue weighted by Crippen LogP contribution is -2.28. The van der Waals surface area contributed by atoms with Crippen molar-refractivity contribution < 1.29 is 9.53 Å². The zero-order valence-electron chi connectivity index (χ0n) is 10.7. The largest absolute Gasteiger partial charge is 0.467 e. The quantitative estimate of drug-likeness (QED) is 0.819. The number of methoxy groups -OCH3 is 1. The van der Waals surface area contributed by atoms with Crippen LogP contribution < -0.4 is 15.4 Å². The van der Waals surface area contributed by atoms with Crippen molar-refractivity contribution in [3.05, 3.63) is 0 Å². The molecule has 0 radical (unpaired) electrons. The summed E-state index contributed by atoms with van der Waals surface area (Å²) in [4.78, 5) is 22.9. The highest BCUT2D eigenvalue weighted by molar-refractivity contribution is 5.86. The van der Waals surface area contributed by atoms with E-state index in [1.165, 1.54) is 14.0 Å². The molecule has 1 heterocycles. The molecular weight excluding hydrogens is 222 g/mol. The van der Waals surface area contributed by atoms with Crippen LogP contribution >= 0.6 is 0 Å². The third-order valence-corrected chi connectivity index (χ3v) is 1.57. The molecule has 17 heavy (non-hydrogen) atoms. The van der Waals surface area contributed by atoms with Gasteiger partial charge in [-0.2, -0.15) is 15.0 Å². The molecule has 2 N–H and O–H groups in total. The van der Waals surface area contributed by atoms with Crippen molar-refractivity contribution in [2.45, 2.75) is 33.2 Å². The average molecular weight is 239 g/mol. The predicted octanol–water partition coefficient (Wildman–Crippen LogP) is 1.05. The lowest BCUT2D eigenvalue weighted by atomic mass is 10.1. The van der Waals surface area contributed by atoms with Crippen LogP contribution in [-0.4, -0.2) is 33.5 Å². The third kappa shape index (κ3) is 4.62. The first-order valence-corrected chi connectivity index (χ1v) is 5.16. The predicted molar refractivity (Wildman–Crippen MR) is 64.1 cm³/mol. The number of carbonyl (C=O) groups excluding carboxylic acids is 1. The van der Waals surface area contributed by atoms with Gasteiger partial charge in [-0.3, -0.25) is 10.1 Å². The Labute approximate surface area is 100 Å². The first-order valence-electron chi connectivity index (χ1n) is 5.16. The Morgan fingerprint density at radius 2 is 1.76 bits per heavy atom. The molecule has 0 aromatic carbocycles. The van der Waals surface area contributed by atoms with E-state index in [9.17, 15) is 4.79 Å². The molecule has 1 amide bonds. The van der Waals surface area contributed by atoms with Crippen LogP contribution in [0.25, 0.3) is 0 Å². The SMILES string of the molecule is COc1nc(NC(C)=O)nc(NC(C)(C)C)n1. The summed E-state index contributed by atoms with van der Waals surface area (Å²) in [5.74, 6) is 0.268. The highest BCUT2D eigenvalue weighted by Crippen LogP contribution is 2.14. The summed E-state index contributed by atoms with van der Waals surface area (Å²) in [5, 5.41) is 5.56. The molecule has 0 saturated carbocycles. The summed E-state index contributed by atoms with van der Waals surface area (Å²) in [6.07, 6.45) is 0. The van der Waals surface area contributed by atoms with E-state index in [1.807, 2.05) is 20.8 Å². The summed E-state index contributed by atoms with van der Waals surface area (Å²) in [6, 6.07) is 0.149. The van der Waals surface area contributed by atoms with E-state index in [0.29, 0.717) is 5.95 Å². The van der Waals surface area contributed by atoms with Gasteiger partial charge in [-0.05, 0) is 20.8 Å². The molecule has 94 valence electrons. The van der Waals surface area contributed by atoms with Crippen molar-refractivity contribution >= 4 is 17.8 Å². The number of hydrogen-bond donors (Lipinski definition) is 2. The summed E-state index contributed by atoms with van der Waals surface area (Å²) in [5.41, 5.74) is -0.195. The summed E-state index contributed by atoms with van der Waals surface area (Å²) in [7, 11) is 1.45. The standard InChI is InChI=1S/C10H17N5O2/c1-6(16)11-7-12-8(15-10(2,3)4)14-9(13-7)17-5/h1-5H3,(H2,11,12,13,14,15,16). The van der Waals surface area contributed by atoms with Crippen molar-refractivity contribution in [2.75, 3.05) is 17.7 Å². The molecule has 0 spiro atoms. The van der Waals surface area contributed by atoms with Gasteiger partial charge in [0.15, 0.2) is 0 Å². The number of nitrogens with zero attached hydrogens (tertiary/aromatic N) is 3. The van der Waals surface area contributed by atoms with Crippen molar-refractivity contribution in [1.82, 2.24) is 15.0 Å². The van der Waals surface area contributed by atoms with Gasteiger partial charge in [0.1, 0.15) is 0 Å². The van der Waals surface area contributed by atoms with E-state index in [0.717, 1.165) is 0 Å². The highest BCUT2D eigenvalue weighted by atomic mass is 16.5. The number of anilines is 2. The first-order chi connectivity index (χ1) is 7.80. The maximum Gasteiger partial charge on any atom is 0.322 e. The van der Waals surface area contributed by atoms with E-state index in [4.69, 9.17) is 4.74 Å². The maximum atomic E-state index is 10.9. The van der Waals surface area contributed by atoms with Crippen LogP contribution in [0.4, 0.5) is 11.9 Å². The molecule has 0 fully saturated rings. The molecule has 0 atom stereocenters. The van der Waals surface area contributed by atoms with Gasteiger partial charge >= 0.3 is 6.01 Å². The van der Waals surface area contributed by atoms with E-state index >= 15 is 0 Å². The Bertz CT molecular complexity index is 414. The number of nitrogens with one attached hydrogen (secondary N) is 2. The molecule has 1 aromatic rings. The molecule has 1 aromatic heterocycles. The fourth-order valence-corrected chi connectivity index (χ4v) is 1.05. The lowest BCUT2D eigenvalue weighted by molar-refractivity contribution is -0.114. The maximum absolute atomic E-state index is 10.9. The molecule has 0 unspecified atom stereocenters.